The van der Waals surface area contributed by atoms with Gasteiger partial charge in [-0.3, -0.25) is 9.59 Å². The molecule has 0 saturated heterocycles. The van der Waals surface area contributed by atoms with Gasteiger partial charge in [-0.1, -0.05) is 59.6 Å². The molecule has 4 nitrogen and oxygen atoms in total. The van der Waals surface area contributed by atoms with Crippen molar-refractivity contribution < 1.29 is 14.3 Å². The van der Waals surface area contributed by atoms with Crippen LogP contribution in [0.4, 0.5) is 5.69 Å². The van der Waals surface area contributed by atoms with E-state index in [4.69, 9.17) is 27.9 Å². The summed E-state index contributed by atoms with van der Waals surface area (Å²) in [5.74, 6) is -0.0888. The maximum Gasteiger partial charge on any atom is 0.262 e. The third-order valence-corrected chi connectivity index (χ3v) is 4.26. The average molecular weight is 374 g/mol. The van der Waals surface area contributed by atoms with Gasteiger partial charge in [-0.15, -0.1) is 0 Å². The van der Waals surface area contributed by atoms with E-state index in [9.17, 15) is 9.59 Å². The number of para-hydroxylation sites is 1. The molecule has 3 aromatic rings. The van der Waals surface area contributed by atoms with Crippen molar-refractivity contribution in [2.75, 3.05) is 11.9 Å². The second-order valence-electron chi connectivity index (χ2n) is 5.25. The third-order valence-electron chi connectivity index (χ3n) is 3.63. The van der Waals surface area contributed by atoms with Crippen molar-refractivity contribution in [3.8, 4) is 5.75 Å². The van der Waals surface area contributed by atoms with Gasteiger partial charge in [0, 0.05) is 0 Å². The highest BCUT2D eigenvalue weighted by Crippen LogP contribution is 2.30. The van der Waals surface area contributed by atoms with Crippen molar-refractivity contribution in [1.29, 1.82) is 0 Å². The Morgan fingerprint density at radius 1 is 1.00 bits per heavy atom. The predicted molar refractivity (Wildman–Crippen MR) is 99.9 cm³/mol. The zero-order chi connectivity index (χ0) is 17.8. The molecular formula is C19H13Cl2NO3. The fraction of sp³-hybridized carbons (Fsp3) is 0.0526. The van der Waals surface area contributed by atoms with Crippen LogP contribution in [0.15, 0.2) is 54.6 Å². The monoisotopic (exact) mass is 373 g/mol. The van der Waals surface area contributed by atoms with E-state index in [1.165, 1.54) is 0 Å². The van der Waals surface area contributed by atoms with Gasteiger partial charge in [0.25, 0.3) is 5.91 Å². The number of anilines is 1. The number of carbonyl (C=O) groups excluding carboxylic acids is 2. The lowest BCUT2D eigenvalue weighted by atomic mass is 10.0. The number of benzene rings is 3. The van der Waals surface area contributed by atoms with E-state index < -0.39 is 5.91 Å². The summed E-state index contributed by atoms with van der Waals surface area (Å²) in [7, 11) is 0. The molecule has 0 unspecified atom stereocenters. The van der Waals surface area contributed by atoms with Crippen molar-refractivity contribution >= 4 is 51.9 Å². The van der Waals surface area contributed by atoms with Gasteiger partial charge in [0.2, 0.25) is 0 Å². The van der Waals surface area contributed by atoms with E-state index in [1.54, 1.807) is 24.3 Å². The van der Waals surface area contributed by atoms with Gasteiger partial charge in [-0.05, 0) is 29.0 Å². The van der Waals surface area contributed by atoms with Crippen LogP contribution in [0.3, 0.4) is 0 Å². The van der Waals surface area contributed by atoms with E-state index in [2.05, 4.69) is 5.32 Å². The van der Waals surface area contributed by atoms with Crippen LogP contribution in [0.25, 0.3) is 10.8 Å². The average Bonchev–Trinajstić information content (AvgIpc) is 2.62. The Morgan fingerprint density at radius 2 is 1.72 bits per heavy atom. The van der Waals surface area contributed by atoms with Gasteiger partial charge in [-0.2, -0.15) is 0 Å². The number of amides is 1. The van der Waals surface area contributed by atoms with Gasteiger partial charge < -0.3 is 10.1 Å². The fourth-order valence-corrected chi connectivity index (χ4v) is 2.95. The first kappa shape index (κ1) is 17.3. The van der Waals surface area contributed by atoms with Gasteiger partial charge in [0.05, 0.1) is 21.3 Å². The summed E-state index contributed by atoms with van der Waals surface area (Å²) in [6, 6.07) is 15.9. The topological polar surface area (TPSA) is 55.4 Å². The molecule has 0 heterocycles. The number of hydrogen-bond donors (Lipinski definition) is 1. The Morgan fingerprint density at radius 3 is 2.44 bits per heavy atom. The summed E-state index contributed by atoms with van der Waals surface area (Å²) < 4.78 is 5.52. The molecule has 0 aromatic heterocycles. The number of carbonyl (C=O) groups is 2. The minimum atomic E-state index is -0.431. The highest BCUT2D eigenvalue weighted by Gasteiger charge is 2.12. The van der Waals surface area contributed by atoms with Gasteiger partial charge in [0.15, 0.2) is 12.9 Å². The maximum atomic E-state index is 12.1. The molecule has 0 radical (unpaired) electrons. The first-order valence-electron chi connectivity index (χ1n) is 7.43. The summed E-state index contributed by atoms with van der Waals surface area (Å²) in [5.41, 5.74) is 0.732. The molecule has 0 spiro atoms. The lowest BCUT2D eigenvalue weighted by Crippen LogP contribution is -2.21. The number of rotatable bonds is 5. The molecule has 0 aliphatic carbocycles. The molecule has 6 heteroatoms. The van der Waals surface area contributed by atoms with Gasteiger partial charge in [-0.25, -0.2) is 0 Å². The van der Waals surface area contributed by atoms with Crippen LogP contribution >= 0.6 is 23.2 Å². The molecule has 0 bridgehead atoms. The van der Waals surface area contributed by atoms with E-state index in [0.717, 1.165) is 17.1 Å². The summed E-state index contributed by atoms with van der Waals surface area (Å²) in [6.45, 7) is -0.277. The largest absolute Gasteiger partial charge is 0.483 e. The molecule has 0 fully saturated rings. The van der Waals surface area contributed by atoms with Crippen LogP contribution in [-0.2, 0) is 4.79 Å². The standard InChI is InChI=1S/C19H13Cl2NO3/c20-15-6-3-7-16(21)19(15)22-18(24)11-25-17-9-8-12-4-1-2-5-13(12)14(17)10-23/h1-10H,11H2,(H,22,24). The van der Waals surface area contributed by atoms with Crippen molar-refractivity contribution in [3.05, 3.63) is 70.2 Å². The molecule has 0 aliphatic rings. The van der Waals surface area contributed by atoms with Crippen molar-refractivity contribution in [3.63, 3.8) is 0 Å². The molecule has 25 heavy (non-hydrogen) atoms. The Bertz CT molecular complexity index is 936. The van der Waals surface area contributed by atoms with Gasteiger partial charge in [0.1, 0.15) is 5.75 Å². The highest BCUT2D eigenvalue weighted by atomic mass is 35.5. The number of nitrogens with one attached hydrogen (secondary N) is 1. The molecule has 126 valence electrons. The molecule has 3 rings (SSSR count). The molecule has 0 aliphatic heterocycles. The van der Waals surface area contributed by atoms with E-state index >= 15 is 0 Å². The quantitative estimate of drug-likeness (QED) is 0.641. The summed E-state index contributed by atoms with van der Waals surface area (Å²) in [4.78, 5) is 23.6. The van der Waals surface area contributed by atoms with Crippen molar-refractivity contribution in [2.45, 2.75) is 0 Å². The second-order valence-corrected chi connectivity index (χ2v) is 6.06. The first-order chi connectivity index (χ1) is 12.1. The smallest absolute Gasteiger partial charge is 0.262 e. The Labute approximate surface area is 154 Å². The number of halogens is 2. The maximum absolute atomic E-state index is 12.1. The summed E-state index contributed by atoms with van der Waals surface area (Å²) >= 11 is 12.0. The van der Waals surface area contributed by atoms with Crippen LogP contribution in [0.2, 0.25) is 10.0 Å². The summed E-state index contributed by atoms with van der Waals surface area (Å²) in [5, 5.41) is 4.96. The van der Waals surface area contributed by atoms with Crippen LogP contribution in [0.5, 0.6) is 5.75 Å². The minimum Gasteiger partial charge on any atom is -0.483 e. The van der Waals surface area contributed by atoms with Crippen molar-refractivity contribution in [2.24, 2.45) is 0 Å². The lowest BCUT2D eigenvalue weighted by Gasteiger charge is -2.12. The Kier molecular flexibility index (Phi) is 5.22. The van der Waals surface area contributed by atoms with Crippen LogP contribution < -0.4 is 10.1 Å². The molecule has 0 atom stereocenters. The molecule has 0 saturated carbocycles. The second kappa shape index (κ2) is 7.55. The normalized spacial score (nSPS) is 10.5. The first-order valence-corrected chi connectivity index (χ1v) is 8.19. The van der Waals surface area contributed by atoms with Crippen LogP contribution in [0.1, 0.15) is 10.4 Å². The highest BCUT2D eigenvalue weighted by molar-refractivity contribution is 6.39. The minimum absolute atomic E-state index is 0.277. The van der Waals surface area contributed by atoms with Gasteiger partial charge >= 0.3 is 0 Å². The summed E-state index contributed by atoms with van der Waals surface area (Å²) in [6.07, 6.45) is 0.723. The van der Waals surface area contributed by atoms with E-state index in [-0.39, 0.29) is 6.61 Å². The lowest BCUT2D eigenvalue weighted by molar-refractivity contribution is -0.118. The SMILES string of the molecule is O=Cc1c(OCC(=O)Nc2c(Cl)cccc2Cl)ccc2ccccc12. The number of ether oxygens (including phenoxy) is 1. The van der Waals surface area contributed by atoms with Crippen molar-refractivity contribution in [1.82, 2.24) is 0 Å². The Hall–Kier alpha value is -2.56. The predicted octanol–water partition coefficient (Wildman–Crippen LogP) is 4.98. The fourth-order valence-electron chi connectivity index (χ4n) is 2.46. The third kappa shape index (κ3) is 3.76. The number of fused-ring (bicyclic) bond motifs is 1. The molecule has 1 amide bonds. The Balaban J connectivity index is 1.76. The molecule has 3 aromatic carbocycles. The zero-order valence-electron chi connectivity index (χ0n) is 13.0. The number of aldehydes is 1. The zero-order valence-corrected chi connectivity index (χ0v) is 14.5. The molecule has 1 N–H and O–H groups in total. The number of hydrogen-bond acceptors (Lipinski definition) is 3. The van der Waals surface area contributed by atoms with E-state index in [1.807, 2.05) is 30.3 Å². The van der Waals surface area contributed by atoms with E-state index in [0.29, 0.717) is 27.0 Å². The molecular weight excluding hydrogens is 361 g/mol. The van der Waals surface area contributed by atoms with Crippen LogP contribution in [-0.4, -0.2) is 18.8 Å². The van der Waals surface area contributed by atoms with Crippen LogP contribution in [0, 0.1) is 0 Å².